The van der Waals surface area contributed by atoms with Gasteiger partial charge in [0.1, 0.15) is 5.25 Å². The number of aromatic nitrogens is 1. The van der Waals surface area contributed by atoms with Crippen LogP contribution in [0.3, 0.4) is 0 Å². The summed E-state index contributed by atoms with van der Waals surface area (Å²) in [7, 11) is 0. The lowest BCUT2D eigenvalue weighted by molar-refractivity contribution is -0.116. The van der Waals surface area contributed by atoms with Crippen LogP contribution in [0.15, 0.2) is 114 Å². The molecular formula is C32H26ClN3O2S2. The van der Waals surface area contributed by atoms with E-state index in [1.165, 1.54) is 23.1 Å². The second kappa shape index (κ2) is 13.0. The van der Waals surface area contributed by atoms with Gasteiger partial charge < -0.3 is 10.6 Å². The number of carbonyl (C=O) groups is 2. The number of thiazole rings is 1. The number of aryl methyl sites for hydroxylation is 1. The molecular weight excluding hydrogens is 558 g/mol. The number of hydrogen-bond donors (Lipinski definition) is 2. The maximum absolute atomic E-state index is 13.6. The standard InChI is InChI=1S/C32H26ClN3O2S2/c1-21-29(23-9-4-2-5-10-23)35-32(39-21)36-31(38)30(24-11-6-3-7-12-24)40-27-14-8-13-26(20-27)34-28(37)19-22-15-17-25(33)18-16-22/h2-18,20,30H,19H2,1H3,(H,34,37)(H,35,36,38). The molecule has 0 spiro atoms. The molecule has 0 fully saturated rings. The molecule has 2 amide bonds. The first-order valence-corrected chi connectivity index (χ1v) is 14.7. The molecule has 4 aromatic carbocycles. The first-order chi connectivity index (χ1) is 19.4. The first-order valence-electron chi connectivity index (χ1n) is 12.6. The molecule has 0 aliphatic rings. The molecule has 5 nitrogen and oxygen atoms in total. The van der Waals surface area contributed by atoms with E-state index in [4.69, 9.17) is 16.6 Å². The second-order valence-electron chi connectivity index (χ2n) is 9.07. The summed E-state index contributed by atoms with van der Waals surface area (Å²) in [6.07, 6.45) is 0.238. The summed E-state index contributed by atoms with van der Waals surface area (Å²) < 4.78 is 0. The zero-order chi connectivity index (χ0) is 27.9. The summed E-state index contributed by atoms with van der Waals surface area (Å²) >= 11 is 8.83. The van der Waals surface area contributed by atoms with Gasteiger partial charge in [0.05, 0.1) is 12.1 Å². The van der Waals surface area contributed by atoms with Gasteiger partial charge in [-0.05, 0) is 48.4 Å². The molecule has 0 saturated carbocycles. The predicted molar refractivity (Wildman–Crippen MR) is 166 cm³/mol. The summed E-state index contributed by atoms with van der Waals surface area (Å²) in [4.78, 5) is 32.9. The van der Waals surface area contributed by atoms with Crippen LogP contribution in [0.5, 0.6) is 0 Å². The molecule has 1 heterocycles. The Morgan fingerprint density at radius 1 is 0.875 bits per heavy atom. The molecule has 2 N–H and O–H groups in total. The van der Waals surface area contributed by atoms with Gasteiger partial charge in [-0.2, -0.15) is 0 Å². The highest BCUT2D eigenvalue weighted by Gasteiger charge is 2.24. The van der Waals surface area contributed by atoms with Gasteiger partial charge in [-0.25, -0.2) is 4.98 Å². The number of carbonyl (C=O) groups excluding carboxylic acids is 2. The third kappa shape index (κ3) is 7.18. The van der Waals surface area contributed by atoms with Crippen LogP contribution in [-0.2, 0) is 16.0 Å². The fraction of sp³-hybridized carbons (Fsp3) is 0.0938. The number of thioether (sulfide) groups is 1. The van der Waals surface area contributed by atoms with Crippen LogP contribution >= 0.6 is 34.7 Å². The monoisotopic (exact) mass is 583 g/mol. The van der Waals surface area contributed by atoms with Crippen LogP contribution in [0.4, 0.5) is 10.8 Å². The summed E-state index contributed by atoms with van der Waals surface area (Å²) in [5.74, 6) is -0.295. The Bertz CT molecular complexity index is 1610. The number of halogens is 1. The lowest BCUT2D eigenvalue weighted by atomic mass is 10.1. The lowest BCUT2D eigenvalue weighted by Gasteiger charge is -2.17. The Morgan fingerprint density at radius 2 is 1.57 bits per heavy atom. The van der Waals surface area contributed by atoms with Gasteiger partial charge in [-0.1, -0.05) is 90.5 Å². The minimum absolute atomic E-state index is 0.129. The highest BCUT2D eigenvalue weighted by molar-refractivity contribution is 8.00. The van der Waals surface area contributed by atoms with E-state index in [2.05, 4.69) is 10.6 Å². The highest BCUT2D eigenvalue weighted by Crippen LogP contribution is 2.38. The normalized spacial score (nSPS) is 11.6. The van der Waals surface area contributed by atoms with Crippen molar-refractivity contribution in [3.8, 4) is 11.3 Å². The molecule has 5 rings (SSSR count). The van der Waals surface area contributed by atoms with Crippen molar-refractivity contribution in [2.45, 2.75) is 23.5 Å². The maximum atomic E-state index is 13.6. The number of nitrogens with zero attached hydrogens (tertiary/aromatic N) is 1. The fourth-order valence-corrected chi connectivity index (χ4v) is 6.21. The van der Waals surface area contributed by atoms with Crippen molar-refractivity contribution < 1.29 is 9.59 Å². The Balaban J connectivity index is 1.32. The van der Waals surface area contributed by atoms with E-state index in [9.17, 15) is 9.59 Å². The molecule has 200 valence electrons. The molecule has 0 bridgehead atoms. The van der Waals surface area contributed by atoms with Gasteiger partial charge in [0.15, 0.2) is 5.13 Å². The summed E-state index contributed by atoms with van der Waals surface area (Å²) in [6.45, 7) is 2.01. The molecule has 1 unspecified atom stereocenters. The van der Waals surface area contributed by atoms with E-state index in [1.54, 1.807) is 12.1 Å². The Kier molecular flexibility index (Phi) is 8.96. The lowest BCUT2D eigenvalue weighted by Crippen LogP contribution is -2.19. The van der Waals surface area contributed by atoms with Gasteiger partial charge in [-0.3, -0.25) is 9.59 Å². The zero-order valence-electron chi connectivity index (χ0n) is 21.6. The molecule has 1 aromatic heterocycles. The van der Waals surface area contributed by atoms with Crippen LogP contribution in [-0.4, -0.2) is 16.8 Å². The minimum atomic E-state index is -0.523. The predicted octanol–water partition coefficient (Wildman–Crippen LogP) is 8.43. The van der Waals surface area contributed by atoms with Crippen molar-refractivity contribution in [2.75, 3.05) is 10.6 Å². The number of amides is 2. The van der Waals surface area contributed by atoms with Gasteiger partial charge in [-0.15, -0.1) is 23.1 Å². The Labute approximate surface area is 246 Å². The molecule has 0 saturated heterocycles. The van der Waals surface area contributed by atoms with Crippen molar-refractivity contribution in [1.29, 1.82) is 0 Å². The number of nitrogens with one attached hydrogen (secondary N) is 2. The molecule has 0 aliphatic heterocycles. The summed E-state index contributed by atoms with van der Waals surface area (Å²) in [6, 6.07) is 34.3. The van der Waals surface area contributed by atoms with Gasteiger partial charge >= 0.3 is 0 Å². The van der Waals surface area contributed by atoms with Crippen molar-refractivity contribution in [2.24, 2.45) is 0 Å². The number of rotatable bonds is 9. The smallest absolute Gasteiger partial charge is 0.244 e. The quantitative estimate of drug-likeness (QED) is 0.171. The zero-order valence-corrected chi connectivity index (χ0v) is 24.0. The van der Waals surface area contributed by atoms with Crippen LogP contribution in [0, 0.1) is 6.92 Å². The minimum Gasteiger partial charge on any atom is -0.326 e. The average molecular weight is 584 g/mol. The molecule has 5 aromatic rings. The molecule has 1 atom stereocenters. The Hall–Kier alpha value is -3.91. The van der Waals surface area contributed by atoms with Crippen LogP contribution < -0.4 is 10.6 Å². The largest absolute Gasteiger partial charge is 0.326 e. The third-order valence-corrected chi connectivity index (χ3v) is 8.45. The topological polar surface area (TPSA) is 71.1 Å². The highest BCUT2D eigenvalue weighted by atomic mass is 35.5. The summed E-state index contributed by atoms with van der Waals surface area (Å²) in [5, 5.41) is 6.67. The number of anilines is 2. The van der Waals surface area contributed by atoms with E-state index in [0.717, 1.165) is 32.2 Å². The molecule has 0 radical (unpaired) electrons. The molecule has 40 heavy (non-hydrogen) atoms. The van der Waals surface area contributed by atoms with Crippen molar-refractivity contribution in [1.82, 2.24) is 4.98 Å². The summed E-state index contributed by atoms with van der Waals surface area (Å²) in [5.41, 5.74) is 4.30. The maximum Gasteiger partial charge on any atom is 0.244 e. The van der Waals surface area contributed by atoms with Gasteiger partial charge in [0.2, 0.25) is 11.8 Å². The van der Waals surface area contributed by atoms with E-state index >= 15 is 0 Å². The van der Waals surface area contributed by atoms with E-state index < -0.39 is 5.25 Å². The third-order valence-electron chi connectivity index (χ3n) is 6.06. The van der Waals surface area contributed by atoms with Crippen LogP contribution in [0.1, 0.15) is 21.3 Å². The first kappa shape index (κ1) is 27.6. The molecule has 0 aliphatic carbocycles. The number of hydrogen-bond acceptors (Lipinski definition) is 5. The van der Waals surface area contributed by atoms with Gasteiger partial charge in [0, 0.05) is 26.0 Å². The van der Waals surface area contributed by atoms with E-state index in [0.29, 0.717) is 15.8 Å². The van der Waals surface area contributed by atoms with Crippen molar-refractivity contribution in [3.05, 3.63) is 130 Å². The van der Waals surface area contributed by atoms with Crippen LogP contribution in [0.2, 0.25) is 5.02 Å². The van der Waals surface area contributed by atoms with E-state index in [1.807, 2.05) is 104 Å². The molecule has 8 heteroatoms. The second-order valence-corrected chi connectivity index (χ2v) is 11.9. The van der Waals surface area contributed by atoms with Crippen LogP contribution in [0.25, 0.3) is 11.3 Å². The Morgan fingerprint density at radius 3 is 2.30 bits per heavy atom. The van der Waals surface area contributed by atoms with E-state index in [-0.39, 0.29) is 18.2 Å². The SMILES string of the molecule is Cc1sc(NC(=O)C(Sc2cccc(NC(=O)Cc3ccc(Cl)cc3)c2)c2ccccc2)nc1-c1ccccc1. The number of benzene rings is 4. The van der Waals surface area contributed by atoms with Crippen molar-refractivity contribution in [3.63, 3.8) is 0 Å². The average Bonchev–Trinajstić information content (AvgIpc) is 3.33. The van der Waals surface area contributed by atoms with Crippen molar-refractivity contribution >= 4 is 57.3 Å². The van der Waals surface area contributed by atoms with Gasteiger partial charge in [0.25, 0.3) is 0 Å². The fourth-order valence-electron chi connectivity index (χ4n) is 4.16.